The average molecular weight is 492 g/mol. The smallest absolute Gasteiger partial charge is 0.228 e. The van der Waals surface area contributed by atoms with Gasteiger partial charge in [0.05, 0.1) is 36.9 Å². The Morgan fingerprint density at radius 2 is 1.76 bits per heavy atom. The number of aryl methyl sites for hydroxylation is 1. The maximum atomic E-state index is 13.1. The fraction of sp³-hybridized carbons (Fsp3) is 0.542. The van der Waals surface area contributed by atoms with E-state index in [1.807, 2.05) is 34.2 Å². The number of nitrogens with zero attached hydrogens (tertiary/aromatic N) is 3. The predicted octanol–water partition coefficient (Wildman–Crippen LogP) is 3.58. The Morgan fingerprint density at radius 1 is 1.09 bits per heavy atom. The van der Waals surface area contributed by atoms with Gasteiger partial charge in [0.15, 0.2) is 0 Å². The van der Waals surface area contributed by atoms with Crippen LogP contribution in [0.25, 0.3) is 0 Å². The van der Waals surface area contributed by atoms with Crippen molar-refractivity contribution in [1.82, 2.24) is 14.8 Å². The summed E-state index contributed by atoms with van der Waals surface area (Å²) < 4.78 is 11.5. The van der Waals surface area contributed by atoms with Crippen molar-refractivity contribution in [2.75, 3.05) is 46.0 Å². The number of piperidine rings is 1. The van der Waals surface area contributed by atoms with Crippen LogP contribution in [0.1, 0.15) is 30.0 Å². The second-order valence-corrected chi connectivity index (χ2v) is 10.3. The number of morpholine rings is 1. The Bertz CT molecular complexity index is 951. The molecule has 2 fully saturated rings. The van der Waals surface area contributed by atoms with Gasteiger partial charge in [0.25, 0.3) is 0 Å². The predicted molar refractivity (Wildman–Crippen MR) is 128 cm³/mol. The topological polar surface area (TPSA) is 72.0 Å². The van der Waals surface area contributed by atoms with Crippen molar-refractivity contribution in [2.45, 2.75) is 32.6 Å². The first-order valence-electron chi connectivity index (χ1n) is 11.4. The molecule has 0 unspecified atom stereocenters. The van der Waals surface area contributed by atoms with E-state index < -0.39 is 0 Å². The highest BCUT2D eigenvalue weighted by Gasteiger charge is 2.40. The van der Waals surface area contributed by atoms with Crippen molar-refractivity contribution in [3.05, 3.63) is 45.4 Å². The molecular weight excluding hydrogens is 462 g/mol. The normalized spacial score (nSPS) is 18.2. The molecule has 2 aromatic rings. The van der Waals surface area contributed by atoms with Crippen LogP contribution in [0.4, 0.5) is 0 Å². The van der Waals surface area contributed by atoms with Gasteiger partial charge in [-0.15, -0.1) is 11.3 Å². The lowest BCUT2D eigenvalue weighted by Crippen LogP contribution is -2.49. The summed E-state index contributed by atoms with van der Waals surface area (Å²) in [5.41, 5.74) is 0.510. The van der Waals surface area contributed by atoms with Gasteiger partial charge in [0.2, 0.25) is 11.8 Å². The maximum absolute atomic E-state index is 13.1. The van der Waals surface area contributed by atoms with E-state index in [9.17, 15) is 9.59 Å². The number of halogens is 1. The molecule has 4 rings (SSSR count). The number of thiazole rings is 1. The van der Waals surface area contributed by atoms with E-state index in [2.05, 4.69) is 4.98 Å². The molecular formula is C24H30ClN3O4S. The minimum atomic E-state index is -0.316. The van der Waals surface area contributed by atoms with Crippen LogP contribution in [-0.4, -0.2) is 72.6 Å². The van der Waals surface area contributed by atoms with Gasteiger partial charge in [-0.1, -0.05) is 11.6 Å². The van der Waals surface area contributed by atoms with Gasteiger partial charge in [0.1, 0.15) is 5.75 Å². The Morgan fingerprint density at radius 3 is 2.39 bits per heavy atom. The molecule has 9 heteroatoms. The van der Waals surface area contributed by atoms with Crippen LogP contribution in [0.5, 0.6) is 5.75 Å². The maximum Gasteiger partial charge on any atom is 0.228 e. The number of aromatic nitrogens is 1. The first-order valence-corrected chi connectivity index (χ1v) is 12.6. The molecule has 2 saturated heterocycles. The summed E-state index contributed by atoms with van der Waals surface area (Å²) in [6.45, 7) is 6.02. The van der Waals surface area contributed by atoms with Crippen LogP contribution < -0.4 is 4.74 Å². The Hall–Kier alpha value is -2.16. The molecule has 2 aliphatic rings. The first-order chi connectivity index (χ1) is 15.9. The van der Waals surface area contributed by atoms with E-state index in [4.69, 9.17) is 21.1 Å². The van der Waals surface area contributed by atoms with E-state index >= 15 is 0 Å². The molecule has 0 N–H and O–H groups in total. The molecule has 7 nitrogen and oxygen atoms in total. The van der Waals surface area contributed by atoms with Gasteiger partial charge in [0, 0.05) is 48.4 Å². The largest absolute Gasteiger partial charge is 0.493 e. The molecule has 178 valence electrons. The molecule has 1 aromatic carbocycles. The molecule has 0 spiro atoms. The van der Waals surface area contributed by atoms with Gasteiger partial charge < -0.3 is 19.3 Å². The molecule has 0 radical (unpaired) electrons. The van der Waals surface area contributed by atoms with Crippen LogP contribution in [-0.2, 0) is 20.7 Å². The lowest BCUT2D eigenvalue weighted by molar-refractivity contribution is -0.140. The molecule has 0 aliphatic carbocycles. The number of hydrogen-bond acceptors (Lipinski definition) is 6. The molecule has 2 amide bonds. The van der Waals surface area contributed by atoms with Crippen molar-refractivity contribution in [1.29, 1.82) is 0 Å². The Balaban J connectivity index is 1.40. The number of rotatable bonds is 7. The number of likely N-dealkylation sites (tertiary alicyclic amines) is 1. The van der Waals surface area contributed by atoms with E-state index in [-0.39, 0.29) is 17.2 Å². The third kappa shape index (κ3) is 6.46. The second kappa shape index (κ2) is 10.8. The number of ether oxygens (including phenoxy) is 2. The number of benzene rings is 1. The van der Waals surface area contributed by atoms with Gasteiger partial charge >= 0.3 is 0 Å². The van der Waals surface area contributed by atoms with Crippen LogP contribution in [0.3, 0.4) is 0 Å². The van der Waals surface area contributed by atoms with Crippen LogP contribution >= 0.6 is 22.9 Å². The molecule has 1 aromatic heterocycles. The zero-order chi connectivity index (χ0) is 23.3. The summed E-state index contributed by atoms with van der Waals surface area (Å²) >= 11 is 7.55. The number of hydrogen-bond donors (Lipinski definition) is 0. The number of carbonyl (C=O) groups excluding carboxylic acids is 2. The summed E-state index contributed by atoms with van der Waals surface area (Å²) in [6, 6.07) is 7.27. The van der Waals surface area contributed by atoms with E-state index in [1.54, 1.807) is 23.5 Å². The zero-order valence-corrected chi connectivity index (χ0v) is 20.5. The van der Waals surface area contributed by atoms with Gasteiger partial charge in [-0.25, -0.2) is 4.98 Å². The molecule has 0 saturated carbocycles. The second-order valence-electron chi connectivity index (χ2n) is 8.83. The number of carbonyl (C=O) groups is 2. The van der Waals surface area contributed by atoms with Gasteiger partial charge in [-0.2, -0.15) is 0 Å². The minimum absolute atomic E-state index is 0.0898. The third-order valence-corrected chi connectivity index (χ3v) is 7.50. The average Bonchev–Trinajstić information content (AvgIpc) is 3.24. The lowest BCUT2D eigenvalue weighted by atomic mass is 9.75. The van der Waals surface area contributed by atoms with Crippen LogP contribution in [0.2, 0.25) is 5.02 Å². The minimum Gasteiger partial charge on any atom is -0.493 e. The molecule has 33 heavy (non-hydrogen) atoms. The highest BCUT2D eigenvalue weighted by molar-refractivity contribution is 7.09. The van der Waals surface area contributed by atoms with Crippen molar-refractivity contribution in [3.8, 4) is 5.75 Å². The fourth-order valence-electron chi connectivity index (χ4n) is 4.37. The van der Waals surface area contributed by atoms with Crippen molar-refractivity contribution < 1.29 is 19.1 Å². The van der Waals surface area contributed by atoms with E-state index in [0.29, 0.717) is 63.9 Å². The van der Waals surface area contributed by atoms with Crippen molar-refractivity contribution >= 4 is 34.8 Å². The van der Waals surface area contributed by atoms with E-state index in [1.165, 1.54) is 0 Å². The SMILES string of the molecule is Cc1nc(CC(=O)N2CCC(COc3ccc(Cl)cc3)(CC(=O)N3CCOCC3)CC2)cs1. The molecule has 3 heterocycles. The number of amides is 2. The summed E-state index contributed by atoms with van der Waals surface area (Å²) in [5.74, 6) is 0.956. The van der Waals surface area contributed by atoms with Gasteiger partial charge in [-0.3, -0.25) is 9.59 Å². The van der Waals surface area contributed by atoms with Gasteiger partial charge in [-0.05, 0) is 44.0 Å². The summed E-state index contributed by atoms with van der Waals surface area (Å²) in [6.07, 6.45) is 2.18. The zero-order valence-electron chi connectivity index (χ0n) is 18.9. The molecule has 2 aliphatic heterocycles. The monoisotopic (exact) mass is 491 g/mol. The lowest BCUT2D eigenvalue weighted by Gasteiger charge is -2.42. The first kappa shape index (κ1) is 24.0. The Kier molecular flexibility index (Phi) is 7.88. The van der Waals surface area contributed by atoms with E-state index in [0.717, 1.165) is 29.3 Å². The summed E-state index contributed by atoms with van der Waals surface area (Å²) in [7, 11) is 0. The third-order valence-electron chi connectivity index (χ3n) is 6.42. The highest BCUT2D eigenvalue weighted by atomic mass is 35.5. The van der Waals surface area contributed by atoms with Crippen molar-refractivity contribution in [3.63, 3.8) is 0 Å². The van der Waals surface area contributed by atoms with Crippen LogP contribution in [0, 0.1) is 12.3 Å². The van der Waals surface area contributed by atoms with Crippen molar-refractivity contribution in [2.24, 2.45) is 5.41 Å². The standard InChI is InChI=1S/C24H30ClN3O4S/c1-18-26-20(16-33-18)14-22(29)27-8-6-24(7-9-27,15-23(30)28-10-12-31-13-11-28)17-32-21-4-2-19(25)3-5-21/h2-5,16H,6-15,17H2,1H3. The summed E-state index contributed by atoms with van der Waals surface area (Å²) in [5, 5.41) is 3.57. The Labute approximate surface area is 203 Å². The molecule has 0 bridgehead atoms. The van der Waals surface area contributed by atoms with Crippen LogP contribution in [0.15, 0.2) is 29.6 Å². The fourth-order valence-corrected chi connectivity index (χ4v) is 5.11. The summed E-state index contributed by atoms with van der Waals surface area (Å²) in [4.78, 5) is 34.1. The molecule has 0 atom stereocenters. The quantitative estimate of drug-likeness (QED) is 0.592. The highest BCUT2D eigenvalue weighted by Crippen LogP contribution is 2.37.